The number of benzene rings is 1. The van der Waals surface area contributed by atoms with Crippen molar-refractivity contribution in [2.24, 2.45) is 5.92 Å². The van der Waals surface area contributed by atoms with Gasteiger partial charge in [0.1, 0.15) is 5.01 Å². The maximum atomic E-state index is 12.5. The topological polar surface area (TPSA) is 75.2 Å². The van der Waals surface area contributed by atoms with Gasteiger partial charge < -0.3 is 10.2 Å². The monoisotopic (exact) mass is 372 g/mol. The third-order valence-electron chi connectivity index (χ3n) is 4.45. The third kappa shape index (κ3) is 3.93. The van der Waals surface area contributed by atoms with Crippen LogP contribution in [-0.2, 0) is 21.4 Å². The Morgan fingerprint density at radius 3 is 2.54 bits per heavy atom. The highest BCUT2D eigenvalue weighted by Gasteiger charge is 2.35. The van der Waals surface area contributed by atoms with Crippen LogP contribution < -0.4 is 10.2 Å². The fourth-order valence-electron chi connectivity index (χ4n) is 2.83. The molecule has 1 aliphatic heterocycles. The molecule has 0 saturated carbocycles. The van der Waals surface area contributed by atoms with Crippen LogP contribution in [0.2, 0.25) is 0 Å². The predicted molar refractivity (Wildman–Crippen MR) is 104 cm³/mol. The number of aryl methyl sites for hydroxylation is 1. The van der Waals surface area contributed by atoms with Gasteiger partial charge in [-0.25, -0.2) is 0 Å². The highest BCUT2D eigenvalue weighted by Crippen LogP contribution is 2.29. The van der Waals surface area contributed by atoms with E-state index in [0.717, 1.165) is 17.1 Å². The number of aromatic nitrogens is 2. The molecule has 0 radical (unpaired) electrons. The van der Waals surface area contributed by atoms with Crippen LogP contribution in [0.15, 0.2) is 24.3 Å². The first-order valence-corrected chi connectivity index (χ1v) is 9.63. The lowest BCUT2D eigenvalue weighted by Gasteiger charge is -2.17. The highest BCUT2D eigenvalue weighted by atomic mass is 32.1. The lowest BCUT2D eigenvalue weighted by molar-refractivity contribution is -0.122. The Hall–Kier alpha value is -2.28. The summed E-state index contributed by atoms with van der Waals surface area (Å²) < 4.78 is 0. The van der Waals surface area contributed by atoms with Crippen molar-refractivity contribution >= 4 is 34.0 Å². The molecular formula is C19H24N4O2S. The summed E-state index contributed by atoms with van der Waals surface area (Å²) in [7, 11) is 0. The van der Waals surface area contributed by atoms with E-state index < -0.39 is 0 Å². The van der Waals surface area contributed by atoms with Gasteiger partial charge in [0, 0.05) is 24.1 Å². The predicted octanol–water partition coefficient (Wildman–Crippen LogP) is 3.39. The minimum atomic E-state index is -0.379. The van der Waals surface area contributed by atoms with Crippen molar-refractivity contribution in [3.63, 3.8) is 0 Å². The summed E-state index contributed by atoms with van der Waals surface area (Å²) in [6.07, 6.45) is 1.17. The van der Waals surface area contributed by atoms with Crippen LogP contribution in [0, 0.1) is 5.92 Å². The second kappa shape index (κ2) is 7.15. The van der Waals surface area contributed by atoms with Crippen LogP contribution in [0.4, 0.5) is 10.8 Å². The molecule has 0 bridgehead atoms. The van der Waals surface area contributed by atoms with Crippen LogP contribution in [0.25, 0.3) is 0 Å². The maximum absolute atomic E-state index is 12.5. The molecule has 2 amide bonds. The first kappa shape index (κ1) is 18.5. The highest BCUT2D eigenvalue weighted by molar-refractivity contribution is 7.15. The van der Waals surface area contributed by atoms with Crippen LogP contribution in [0.1, 0.15) is 44.7 Å². The molecule has 0 aliphatic carbocycles. The summed E-state index contributed by atoms with van der Waals surface area (Å²) >= 11 is 1.38. The van der Waals surface area contributed by atoms with Crippen molar-refractivity contribution in [3.05, 3.63) is 34.8 Å². The number of hydrogen-bond acceptors (Lipinski definition) is 5. The Bertz CT molecular complexity index is 808. The third-order valence-corrected chi connectivity index (χ3v) is 5.71. The van der Waals surface area contributed by atoms with Crippen LogP contribution in [0.5, 0.6) is 0 Å². The molecule has 138 valence electrons. The minimum Gasteiger partial charge on any atom is -0.312 e. The number of nitrogens with zero attached hydrogens (tertiary/aromatic N) is 3. The Morgan fingerprint density at radius 2 is 1.96 bits per heavy atom. The molecule has 2 aromatic rings. The van der Waals surface area contributed by atoms with E-state index in [9.17, 15) is 9.59 Å². The fraction of sp³-hybridized carbons (Fsp3) is 0.474. The number of hydrogen-bond donors (Lipinski definition) is 1. The second-order valence-electron chi connectivity index (χ2n) is 7.58. The van der Waals surface area contributed by atoms with E-state index in [2.05, 4.69) is 43.2 Å². The Kier molecular flexibility index (Phi) is 5.09. The molecule has 0 spiro atoms. The molecule has 1 aromatic carbocycles. The zero-order chi connectivity index (χ0) is 18.9. The summed E-state index contributed by atoms with van der Waals surface area (Å²) in [4.78, 5) is 26.6. The first-order chi connectivity index (χ1) is 12.3. The summed E-state index contributed by atoms with van der Waals surface area (Å²) in [5.74, 6) is -0.583. The normalized spacial score (nSPS) is 17.6. The van der Waals surface area contributed by atoms with E-state index in [-0.39, 0.29) is 29.6 Å². The van der Waals surface area contributed by atoms with Gasteiger partial charge in [0.05, 0.1) is 5.92 Å². The minimum absolute atomic E-state index is 0.0259. The number of amides is 2. The van der Waals surface area contributed by atoms with E-state index in [4.69, 9.17) is 0 Å². The molecule has 0 unspecified atom stereocenters. The van der Waals surface area contributed by atoms with Crippen molar-refractivity contribution < 1.29 is 9.59 Å². The lowest BCUT2D eigenvalue weighted by atomic mass is 9.98. The van der Waals surface area contributed by atoms with Gasteiger partial charge in [-0.05, 0) is 24.1 Å². The summed E-state index contributed by atoms with van der Waals surface area (Å²) in [6.45, 7) is 8.64. The molecule has 1 saturated heterocycles. The molecule has 7 heteroatoms. The summed E-state index contributed by atoms with van der Waals surface area (Å²) in [5, 5.41) is 12.4. The molecule has 6 nitrogen and oxygen atoms in total. The van der Waals surface area contributed by atoms with Gasteiger partial charge >= 0.3 is 0 Å². The van der Waals surface area contributed by atoms with Crippen molar-refractivity contribution in [2.45, 2.75) is 46.0 Å². The van der Waals surface area contributed by atoms with Gasteiger partial charge in [0.15, 0.2) is 0 Å². The van der Waals surface area contributed by atoms with E-state index in [0.29, 0.717) is 11.7 Å². The molecule has 1 aromatic heterocycles. The van der Waals surface area contributed by atoms with Crippen LogP contribution in [0.3, 0.4) is 0 Å². The standard InChI is InChI=1S/C19H24N4O2S/c1-5-12-6-8-14(9-7-12)23-11-13(10-15(23)24)16(25)20-18-22-21-17(26-18)19(2,3)4/h6-9,13H,5,10-11H2,1-4H3,(H,20,22,25)/t13-/m1/s1. The lowest BCUT2D eigenvalue weighted by Crippen LogP contribution is -2.28. The first-order valence-electron chi connectivity index (χ1n) is 8.82. The number of nitrogens with one attached hydrogen (secondary N) is 1. The van der Waals surface area contributed by atoms with Crippen molar-refractivity contribution in [2.75, 3.05) is 16.8 Å². The average Bonchev–Trinajstić information content (AvgIpc) is 3.21. The van der Waals surface area contributed by atoms with Crippen LogP contribution >= 0.6 is 11.3 Å². The van der Waals surface area contributed by atoms with Gasteiger partial charge in [-0.2, -0.15) is 0 Å². The second-order valence-corrected chi connectivity index (χ2v) is 8.55. The van der Waals surface area contributed by atoms with Gasteiger partial charge in [-0.1, -0.05) is 51.2 Å². The maximum Gasteiger partial charge on any atom is 0.231 e. The molecule has 1 aliphatic rings. The zero-order valence-corrected chi connectivity index (χ0v) is 16.4. The smallest absolute Gasteiger partial charge is 0.231 e. The fourth-order valence-corrected chi connectivity index (χ4v) is 3.63. The molecule has 1 N–H and O–H groups in total. The Labute approximate surface area is 157 Å². The molecule has 1 atom stereocenters. The molecular weight excluding hydrogens is 348 g/mol. The number of rotatable bonds is 4. The molecule has 26 heavy (non-hydrogen) atoms. The SMILES string of the molecule is CCc1ccc(N2C[C@H](C(=O)Nc3nnc(C(C)(C)C)s3)CC2=O)cc1. The molecule has 3 rings (SSSR count). The van der Waals surface area contributed by atoms with Crippen LogP contribution in [-0.4, -0.2) is 28.6 Å². The molecule has 1 fully saturated rings. The van der Waals surface area contributed by atoms with Gasteiger partial charge in [-0.3, -0.25) is 9.59 Å². The number of carbonyl (C=O) groups is 2. The quantitative estimate of drug-likeness (QED) is 0.893. The van der Waals surface area contributed by atoms with Gasteiger partial charge in [0.2, 0.25) is 16.9 Å². The van der Waals surface area contributed by atoms with Gasteiger partial charge in [0.25, 0.3) is 0 Å². The van der Waals surface area contributed by atoms with E-state index in [1.54, 1.807) is 4.90 Å². The number of anilines is 2. The average molecular weight is 372 g/mol. The van der Waals surface area contributed by atoms with Gasteiger partial charge in [-0.15, -0.1) is 10.2 Å². The largest absolute Gasteiger partial charge is 0.312 e. The van der Waals surface area contributed by atoms with E-state index in [1.165, 1.54) is 16.9 Å². The Morgan fingerprint density at radius 1 is 1.27 bits per heavy atom. The zero-order valence-electron chi connectivity index (χ0n) is 15.6. The van der Waals surface area contributed by atoms with E-state index in [1.807, 2.05) is 24.3 Å². The number of carbonyl (C=O) groups excluding carboxylic acids is 2. The van der Waals surface area contributed by atoms with Crippen molar-refractivity contribution in [1.29, 1.82) is 0 Å². The summed E-state index contributed by atoms with van der Waals surface area (Å²) in [6, 6.07) is 7.92. The van der Waals surface area contributed by atoms with E-state index >= 15 is 0 Å². The molecule has 2 heterocycles. The van der Waals surface area contributed by atoms with Crippen molar-refractivity contribution in [1.82, 2.24) is 10.2 Å². The van der Waals surface area contributed by atoms with Crippen molar-refractivity contribution in [3.8, 4) is 0 Å². The Balaban J connectivity index is 1.65. The summed E-state index contributed by atoms with van der Waals surface area (Å²) in [5.41, 5.74) is 1.96.